The Balaban J connectivity index is 2.73. The molecule has 0 aliphatic carbocycles. The number of nitrogens with one attached hydrogen (secondary N) is 1. The highest BCUT2D eigenvalue weighted by molar-refractivity contribution is 6.30. The molecule has 0 unspecified atom stereocenters. The van der Waals surface area contributed by atoms with Crippen LogP contribution in [-0.2, 0) is 6.42 Å². The van der Waals surface area contributed by atoms with Crippen molar-refractivity contribution in [2.45, 2.75) is 19.8 Å². The van der Waals surface area contributed by atoms with E-state index in [1.807, 2.05) is 13.0 Å². The van der Waals surface area contributed by atoms with Crippen molar-refractivity contribution in [1.29, 1.82) is 0 Å². The zero-order valence-corrected chi connectivity index (χ0v) is 10.7. The first-order valence-corrected chi connectivity index (χ1v) is 6.12. The van der Waals surface area contributed by atoms with E-state index in [1.54, 1.807) is 24.3 Å². The molecule has 5 heteroatoms. The minimum Gasteiger partial charge on any atom is -0.297 e. The molecular weight excluding hydrogens is 252 g/mol. The quantitative estimate of drug-likeness (QED) is 0.864. The van der Waals surface area contributed by atoms with Gasteiger partial charge in [0.2, 0.25) is 0 Å². The number of para-hydroxylation sites is 1. The predicted molar refractivity (Wildman–Crippen MR) is 71.7 cm³/mol. The van der Waals surface area contributed by atoms with Crippen LogP contribution in [0.3, 0.4) is 0 Å². The van der Waals surface area contributed by atoms with Crippen molar-refractivity contribution in [1.82, 2.24) is 9.55 Å². The molecule has 94 valence electrons. The van der Waals surface area contributed by atoms with E-state index in [4.69, 9.17) is 11.6 Å². The van der Waals surface area contributed by atoms with Crippen molar-refractivity contribution in [2.75, 3.05) is 0 Å². The van der Waals surface area contributed by atoms with Crippen molar-refractivity contribution in [2.24, 2.45) is 0 Å². The Kier molecular flexibility index (Phi) is 3.67. The van der Waals surface area contributed by atoms with Gasteiger partial charge < -0.3 is 0 Å². The summed E-state index contributed by atoms with van der Waals surface area (Å²) in [5.74, 6) is 0. The van der Waals surface area contributed by atoms with Crippen molar-refractivity contribution < 1.29 is 0 Å². The summed E-state index contributed by atoms with van der Waals surface area (Å²) < 4.78 is 1.11. The first kappa shape index (κ1) is 12.6. The zero-order chi connectivity index (χ0) is 13.1. The highest BCUT2D eigenvalue weighted by Crippen LogP contribution is 2.09. The second-order valence-corrected chi connectivity index (χ2v) is 4.33. The van der Waals surface area contributed by atoms with Crippen LogP contribution in [0.4, 0.5) is 0 Å². The number of nitrogens with zero attached hydrogens (tertiary/aromatic N) is 1. The molecule has 0 bridgehead atoms. The van der Waals surface area contributed by atoms with E-state index in [9.17, 15) is 9.59 Å². The van der Waals surface area contributed by atoms with E-state index in [0.717, 1.165) is 11.0 Å². The predicted octanol–water partition coefficient (Wildman–Crippen LogP) is 2.13. The van der Waals surface area contributed by atoms with Gasteiger partial charge in [-0.3, -0.25) is 9.78 Å². The van der Waals surface area contributed by atoms with Crippen LogP contribution in [-0.4, -0.2) is 9.55 Å². The molecule has 0 amide bonds. The molecule has 0 atom stereocenters. The number of rotatable bonds is 3. The van der Waals surface area contributed by atoms with Gasteiger partial charge in [0.1, 0.15) is 5.15 Å². The summed E-state index contributed by atoms with van der Waals surface area (Å²) in [5.41, 5.74) is 0.119. The third kappa shape index (κ3) is 2.24. The smallest absolute Gasteiger partial charge is 0.297 e. The van der Waals surface area contributed by atoms with Gasteiger partial charge in [-0.2, -0.15) is 0 Å². The number of aromatic nitrogens is 2. The summed E-state index contributed by atoms with van der Waals surface area (Å²) >= 11 is 5.90. The Labute approximate surface area is 109 Å². The average molecular weight is 265 g/mol. The number of aromatic amines is 1. The fourth-order valence-electron chi connectivity index (χ4n) is 1.82. The van der Waals surface area contributed by atoms with Gasteiger partial charge in [-0.15, -0.1) is 0 Å². The van der Waals surface area contributed by atoms with E-state index in [-0.39, 0.29) is 10.7 Å². The van der Waals surface area contributed by atoms with Crippen LogP contribution in [0.25, 0.3) is 5.69 Å². The van der Waals surface area contributed by atoms with Crippen molar-refractivity contribution in [3.8, 4) is 5.69 Å². The fourth-order valence-corrected chi connectivity index (χ4v) is 2.08. The number of benzene rings is 1. The molecule has 2 aromatic rings. The van der Waals surface area contributed by atoms with Crippen LogP contribution in [0, 0.1) is 0 Å². The zero-order valence-electron chi connectivity index (χ0n) is 9.94. The maximum absolute atomic E-state index is 12.3. The lowest BCUT2D eigenvalue weighted by Gasteiger charge is -2.08. The Morgan fingerprint density at radius 3 is 2.50 bits per heavy atom. The first-order chi connectivity index (χ1) is 8.65. The second kappa shape index (κ2) is 5.23. The van der Waals surface area contributed by atoms with Crippen LogP contribution in [0.1, 0.15) is 18.9 Å². The first-order valence-electron chi connectivity index (χ1n) is 5.74. The lowest BCUT2D eigenvalue weighted by Crippen LogP contribution is -2.36. The molecule has 0 fully saturated rings. The average Bonchev–Trinajstić information content (AvgIpc) is 2.35. The highest BCUT2D eigenvalue weighted by atomic mass is 35.5. The molecule has 0 aliphatic heterocycles. The number of halogens is 1. The summed E-state index contributed by atoms with van der Waals surface area (Å²) in [7, 11) is 0. The molecule has 0 radical (unpaired) electrons. The van der Waals surface area contributed by atoms with Gasteiger partial charge in [0.25, 0.3) is 5.56 Å². The SMILES string of the molecule is CCCc1c(Cl)[nH]c(=O)n(-c2ccccc2)c1=O. The summed E-state index contributed by atoms with van der Waals surface area (Å²) in [4.78, 5) is 26.6. The van der Waals surface area contributed by atoms with Gasteiger partial charge in [0.05, 0.1) is 11.3 Å². The van der Waals surface area contributed by atoms with Crippen molar-refractivity contribution in [3.63, 3.8) is 0 Å². The molecule has 0 spiro atoms. The molecule has 0 saturated carbocycles. The maximum Gasteiger partial charge on any atom is 0.334 e. The third-order valence-electron chi connectivity index (χ3n) is 2.66. The minimum absolute atomic E-state index is 0.138. The standard InChI is InChI=1S/C13H13ClN2O2/c1-2-6-10-11(14)15-13(18)16(12(10)17)9-7-4-3-5-8-9/h3-5,7-8H,2,6H2,1H3,(H,15,18). The number of hydrogen-bond acceptors (Lipinski definition) is 2. The van der Waals surface area contributed by atoms with E-state index in [0.29, 0.717) is 17.7 Å². The Morgan fingerprint density at radius 1 is 1.22 bits per heavy atom. The number of hydrogen-bond donors (Lipinski definition) is 1. The summed E-state index contributed by atoms with van der Waals surface area (Å²) in [6.07, 6.45) is 1.33. The monoisotopic (exact) mass is 264 g/mol. The van der Waals surface area contributed by atoms with Gasteiger partial charge in [0.15, 0.2) is 0 Å². The van der Waals surface area contributed by atoms with Crippen LogP contribution >= 0.6 is 11.6 Å². The normalized spacial score (nSPS) is 10.6. The van der Waals surface area contributed by atoms with Gasteiger partial charge >= 0.3 is 5.69 Å². The van der Waals surface area contributed by atoms with Crippen molar-refractivity contribution in [3.05, 3.63) is 61.9 Å². The Bertz CT molecular complexity index is 659. The second-order valence-electron chi connectivity index (χ2n) is 3.95. The summed E-state index contributed by atoms with van der Waals surface area (Å²) in [5, 5.41) is 0.138. The van der Waals surface area contributed by atoms with Gasteiger partial charge in [-0.25, -0.2) is 9.36 Å². The molecular formula is C13H13ClN2O2. The molecule has 2 rings (SSSR count). The highest BCUT2D eigenvalue weighted by Gasteiger charge is 2.12. The maximum atomic E-state index is 12.3. The largest absolute Gasteiger partial charge is 0.334 e. The van der Waals surface area contributed by atoms with E-state index < -0.39 is 5.69 Å². The molecule has 0 aliphatic rings. The molecule has 1 heterocycles. The molecule has 0 saturated heterocycles. The topological polar surface area (TPSA) is 54.9 Å². The van der Waals surface area contributed by atoms with Gasteiger partial charge in [0, 0.05) is 0 Å². The van der Waals surface area contributed by atoms with E-state index >= 15 is 0 Å². The Hall–Kier alpha value is -1.81. The molecule has 18 heavy (non-hydrogen) atoms. The molecule has 1 aromatic carbocycles. The Morgan fingerprint density at radius 2 is 1.89 bits per heavy atom. The van der Waals surface area contributed by atoms with E-state index in [2.05, 4.69) is 4.98 Å². The lowest BCUT2D eigenvalue weighted by atomic mass is 10.2. The number of H-pyrrole nitrogens is 1. The minimum atomic E-state index is -0.518. The van der Waals surface area contributed by atoms with Gasteiger partial charge in [-0.1, -0.05) is 43.1 Å². The summed E-state index contributed by atoms with van der Waals surface area (Å²) in [6, 6.07) is 8.79. The lowest BCUT2D eigenvalue weighted by molar-refractivity contribution is 0.812. The van der Waals surface area contributed by atoms with Crippen molar-refractivity contribution >= 4 is 11.6 Å². The molecule has 1 aromatic heterocycles. The van der Waals surface area contributed by atoms with E-state index in [1.165, 1.54) is 0 Å². The summed E-state index contributed by atoms with van der Waals surface area (Å²) in [6.45, 7) is 1.95. The van der Waals surface area contributed by atoms with Crippen LogP contribution < -0.4 is 11.2 Å². The molecule has 4 nitrogen and oxygen atoms in total. The molecule has 1 N–H and O–H groups in total. The van der Waals surface area contributed by atoms with Gasteiger partial charge in [-0.05, 0) is 18.6 Å². The van der Waals surface area contributed by atoms with Crippen LogP contribution in [0.5, 0.6) is 0 Å². The third-order valence-corrected chi connectivity index (χ3v) is 2.98. The fraction of sp³-hybridized carbons (Fsp3) is 0.231. The van der Waals surface area contributed by atoms with Crippen LogP contribution in [0.2, 0.25) is 5.15 Å². The van der Waals surface area contributed by atoms with Crippen LogP contribution in [0.15, 0.2) is 39.9 Å².